The average Bonchev–Trinajstić information content (AvgIpc) is 2.86. The SMILES string of the molecule is Cc1cc(C)n(Cc2ccc(C(=O)Nc3cnccn3)cc2)n1. The Morgan fingerprint density at radius 1 is 1.17 bits per heavy atom. The van der Waals surface area contributed by atoms with Crippen molar-refractivity contribution in [3.05, 3.63) is 71.4 Å². The van der Waals surface area contributed by atoms with Crippen molar-refractivity contribution < 1.29 is 4.79 Å². The highest BCUT2D eigenvalue weighted by molar-refractivity contribution is 6.03. The van der Waals surface area contributed by atoms with Gasteiger partial charge in [-0.25, -0.2) is 4.98 Å². The molecule has 0 unspecified atom stereocenters. The van der Waals surface area contributed by atoms with Crippen LogP contribution in [0.25, 0.3) is 0 Å². The molecule has 6 heteroatoms. The number of anilines is 1. The summed E-state index contributed by atoms with van der Waals surface area (Å²) >= 11 is 0. The number of hydrogen-bond acceptors (Lipinski definition) is 4. The number of rotatable bonds is 4. The maximum Gasteiger partial charge on any atom is 0.256 e. The Bertz CT molecular complexity index is 809. The third kappa shape index (κ3) is 3.60. The number of hydrogen-bond donors (Lipinski definition) is 1. The van der Waals surface area contributed by atoms with Crippen molar-refractivity contribution in [2.45, 2.75) is 20.4 Å². The van der Waals surface area contributed by atoms with Crippen molar-refractivity contribution in [3.8, 4) is 0 Å². The Kier molecular flexibility index (Phi) is 4.14. The molecule has 116 valence electrons. The lowest BCUT2D eigenvalue weighted by Crippen LogP contribution is -2.13. The number of aryl methyl sites for hydroxylation is 2. The van der Waals surface area contributed by atoms with Gasteiger partial charge in [0.05, 0.1) is 18.4 Å². The summed E-state index contributed by atoms with van der Waals surface area (Å²) in [6.45, 7) is 4.69. The van der Waals surface area contributed by atoms with Crippen LogP contribution in [0.15, 0.2) is 48.9 Å². The normalized spacial score (nSPS) is 10.5. The highest BCUT2D eigenvalue weighted by Crippen LogP contribution is 2.10. The molecule has 0 saturated heterocycles. The number of carbonyl (C=O) groups excluding carboxylic acids is 1. The van der Waals surface area contributed by atoms with E-state index in [1.807, 2.05) is 36.7 Å². The Labute approximate surface area is 134 Å². The van der Waals surface area contributed by atoms with Gasteiger partial charge in [0.2, 0.25) is 0 Å². The first kappa shape index (κ1) is 14.9. The largest absolute Gasteiger partial charge is 0.305 e. The zero-order valence-electron chi connectivity index (χ0n) is 13.0. The highest BCUT2D eigenvalue weighted by Gasteiger charge is 2.07. The van der Waals surface area contributed by atoms with E-state index in [1.165, 1.54) is 12.4 Å². The summed E-state index contributed by atoms with van der Waals surface area (Å²) in [5.74, 6) is 0.229. The standard InChI is InChI=1S/C17H17N5O/c1-12-9-13(2)22(21-12)11-14-3-5-15(6-4-14)17(23)20-16-10-18-7-8-19-16/h3-10H,11H2,1-2H3,(H,19,20,23). The predicted octanol–water partition coefficient (Wildman–Crippen LogP) is 2.59. The van der Waals surface area contributed by atoms with Crippen LogP contribution in [0, 0.1) is 13.8 Å². The highest BCUT2D eigenvalue weighted by atomic mass is 16.1. The molecule has 2 aromatic heterocycles. The molecule has 1 aromatic carbocycles. The van der Waals surface area contributed by atoms with Crippen LogP contribution in [-0.2, 0) is 6.54 Å². The van der Waals surface area contributed by atoms with E-state index in [0.29, 0.717) is 17.9 Å². The number of aromatic nitrogens is 4. The zero-order chi connectivity index (χ0) is 16.2. The minimum absolute atomic E-state index is 0.205. The molecule has 0 aliphatic rings. The number of amides is 1. The van der Waals surface area contributed by atoms with E-state index in [0.717, 1.165) is 17.0 Å². The summed E-state index contributed by atoms with van der Waals surface area (Å²) < 4.78 is 1.95. The summed E-state index contributed by atoms with van der Waals surface area (Å²) in [7, 11) is 0. The van der Waals surface area contributed by atoms with Gasteiger partial charge in [-0.15, -0.1) is 0 Å². The third-order valence-corrected chi connectivity index (χ3v) is 3.46. The van der Waals surface area contributed by atoms with Gasteiger partial charge in [-0.2, -0.15) is 5.10 Å². The van der Waals surface area contributed by atoms with E-state index in [4.69, 9.17) is 0 Å². The van der Waals surface area contributed by atoms with Crippen molar-refractivity contribution in [1.82, 2.24) is 19.7 Å². The van der Waals surface area contributed by atoms with Crippen LogP contribution in [0.1, 0.15) is 27.3 Å². The van der Waals surface area contributed by atoms with Gasteiger partial charge in [0.25, 0.3) is 5.91 Å². The molecule has 0 atom stereocenters. The average molecular weight is 307 g/mol. The van der Waals surface area contributed by atoms with E-state index in [2.05, 4.69) is 20.4 Å². The first-order chi connectivity index (χ1) is 11.1. The van der Waals surface area contributed by atoms with Gasteiger partial charge in [-0.05, 0) is 37.6 Å². The molecular weight excluding hydrogens is 290 g/mol. The quantitative estimate of drug-likeness (QED) is 0.804. The second-order valence-corrected chi connectivity index (χ2v) is 5.33. The monoisotopic (exact) mass is 307 g/mol. The first-order valence-electron chi connectivity index (χ1n) is 7.29. The van der Waals surface area contributed by atoms with E-state index in [1.54, 1.807) is 18.3 Å². The third-order valence-electron chi connectivity index (χ3n) is 3.46. The maximum atomic E-state index is 12.1. The van der Waals surface area contributed by atoms with Crippen molar-refractivity contribution >= 4 is 11.7 Å². The van der Waals surface area contributed by atoms with Crippen molar-refractivity contribution in [2.75, 3.05) is 5.32 Å². The molecule has 0 radical (unpaired) electrons. The Morgan fingerprint density at radius 3 is 2.57 bits per heavy atom. The molecule has 0 spiro atoms. The first-order valence-corrected chi connectivity index (χ1v) is 7.29. The topological polar surface area (TPSA) is 72.7 Å². The van der Waals surface area contributed by atoms with E-state index >= 15 is 0 Å². The number of nitrogens with one attached hydrogen (secondary N) is 1. The minimum Gasteiger partial charge on any atom is -0.305 e. The van der Waals surface area contributed by atoms with E-state index in [-0.39, 0.29) is 5.91 Å². The Hall–Kier alpha value is -3.02. The molecule has 1 amide bonds. The minimum atomic E-state index is -0.205. The Morgan fingerprint density at radius 2 is 1.96 bits per heavy atom. The molecule has 0 aliphatic heterocycles. The van der Waals surface area contributed by atoms with Gasteiger partial charge in [0.15, 0.2) is 5.82 Å². The fraction of sp³-hybridized carbons (Fsp3) is 0.176. The van der Waals surface area contributed by atoms with Crippen molar-refractivity contribution in [2.24, 2.45) is 0 Å². The summed E-state index contributed by atoms with van der Waals surface area (Å²) in [5, 5.41) is 7.15. The molecule has 0 aliphatic carbocycles. The van der Waals surface area contributed by atoms with Crippen LogP contribution in [0.4, 0.5) is 5.82 Å². The van der Waals surface area contributed by atoms with Crippen molar-refractivity contribution in [1.29, 1.82) is 0 Å². The molecule has 0 fully saturated rings. The van der Waals surface area contributed by atoms with Crippen LogP contribution in [0.3, 0.4) is 0 Å². The van der Waals surface area contributed by atoms with Gasteiger partial charge in [-0.1, -0.05) is 12.1 Å². The van der Waals surface area contributed by atoms with Gasteiger partial charge in [-0.3, -0.25) is 14.5 Å². The van der Waals surface area contributed by atoms with Crippen LogP contribution in [0.2, 0.25) is 0 Å². The van der Waals surface area contributed by atoms with Crippen LogP contribution < -0.4 is 5.32 Å². The molecular formula is C17H17N5O. The fourth-order valence-corrected chi connectivity index (χ4v) is 2.32. The molecule has 0 bridgehead atoms. The number of nitrogens with zero attached hydrogens (tertiary/aromatic N) is 4. The summed E-state index contributed by atoms with van der Waals surface area (Å²) in [4.78, 5) is 20.1. The van der Waals surface area contributed by atoms with Gasteiger partial charge >= 0.3 is 0 Å². The fourth-order valence-electron chi connectivity index (χ4n) is 2.32. The molecule has 23 heavy (non-hydrogen) atoms. The summed E-state index contributed by atoms with van der Waals surface area (Å²) in [5.41, 5.74) is 3.79. The Balaban J connectivity index is 1.69. The number of carbonyl (C=O) groups is 1. The number of benzene rings is 1. The molecule has 6 nitrogen and oxygen atoms in total. The van der Waals surface area contributed by atoms with Gasteiger partial charge in [0, 0.05) is 23.7 Å². The second kappa shape index (κ2) is 6.39. The lowest BCUT2D eigenvalue weighted by Gasteiger charge is -2.07. The molecule has 2 heterocycles. The van der Waals surface area contributed by atoms with Crippen LogP contribution in [0.5, 0.6) is 0 Å². The van der Waals surface area contributed by atoms with Gasteiger partial charge < -0.3 is 5.32 Å². The summed E-state index contributed by atoms with van der Waals surface area (Å²) in [6.07, 6.45) is 4.60. The van der Waals surface area contributed by atoms with E-state index < -0.39 is 0 Å². The lowest BCUT2D eigenvalue weighted by atomic mass is 10.1. The van der Waals surface area contributed by atoms with Crippen LogP contribution >= 0.6 is 0 Å². The molecule has 3 rings (SSSR count). The smallest absolute Gasteiger partial charge is 0.256 e. The zero-order valence-corrected chi connectivity index (χ0v) is 13.0. The predicted molar refractivity (Wildman–Crippen MR) is 87.2 cm³/mol. The molecule has 1 N–H and O–H groups in total. The maximum absolute atomic E-state index is 12.1. The second-order valence-electron chi connectivity index (χ2n) is 5.33. The van der Waals surface area contributed by atoms with Crippen LogP contribution in [-0.4, -0.2) is 25.7 Å². The molecule has 3 aromatic rings. The van der Waals surface area contributed by atoms with Gasteiger partial charge in [0.1, 0.15) is 0 Å². The lowest BCUT2D eigenvalue weighted by molar-refractivity contribution is 0.102. The van der Waals surface area contributed by atoms with E-state index in [9.17, 15) is 4.79 Å². The molecule has 0 saturated carbocycles. The summed E-state index contributed by atoms with van der Waals surface area (Å²) in [6, 6.07) is 9.51. The van der Waals surface area contributed by atoms with Crippen molar-refractivity contribution in [3.63, 3.8) is 0 Å².